The van der Waals surface area contributed by atoms with E-state index in [1.165, 1.54) is 7.05 Å². The molecule has 2 amide bonds. The van der Waals surface area contributed by atoms with Gasteiger partial charge in [0.15, 0.2) is 0 Å². The van der Waals surface area contributed by atoms with Crippen molar-refractivity contribution in [3.05, 3.63) is 40.4 Å². The van der Waals surface area contributed by atoms with Gasteiger partial charge in [-0.05, 0) is 21.5 Å². The first-order chi connectivity index (χ1) is 7.13. The molecular formula is C11H8BrNO2. The van der Waals surface area contributed by atoms with Crippen molar-refractivity contribution in [2.24, 2.45) is 0 Å². The monoisotopic (exact) mass is 265 g/mol. The third-order valence-corrected chi connectivity index (χ3v) is 3.03. The van der Waals surface area contributed by atoms with E-state index in [4.69, 9.17) is 0 Å². The molecule has 0 N–H and O–H groups in total. The van der Waals surface area contributed by atoms with Crippen molar-refractivity contribution < 1.29 is 9.59 Å². The minimum Gasteiger partial charge on any atom is -0.277 e. The van der Waals surface area contributed by atoms with Crippen LogP contribution in [0.4, 0.5) is 0 Å². The number of carbonyl (C=O) groups excluding carboxylic acids is 2. The van der Waals surface area contributed by atoms with Gasteiger partial charge in [0, 0.05) is 7.05 Å². The first-order valence-electron chi connectivity index (χ1n) is 4.40. The summed E-state index contributed by atoms with van der Waals surface area (Å²) in [4.78, 5) is 24.3. The summed E-state index contributed by atoms with van der Waals surface area (Å²) in [6, 6.07) is 9.14. The van der Waals surface area contributed by atoms with Gasteiger partial charge in [-0.25, -0.2) is 0 Å². The molecule has 1 aromatic carbocycles. The Hall–Kier alpha value is -1.42. The third-order valence-electron chi connectivity index (χ3n) is 2.29. The van der Waals surface area contributed by atoms with Crippen molar-refractivity contribution >= 4 is 33.3 Å². The van der Waals surface area contributed by atoms with E-state index < -0.39 is 0 Å². The SMILES string of the molecule is CN1C(=O)C(Br)=C(c2ccccc2)C1=O. The van der Waals surface area contributed by atoms with E-state index in [0.29, 0.717) is 10.1 Å². The average molecular weight is 266 g/mol. The zero-order valence-electron chi connectivity index (χ0n) is 8.03. The molecule has 0 bridgehead atoms. The van der Waals surface area contributed by atoms with Gasteiger partial charge in [-0.2, -0.15) is 0 Å². The highest BCUT2D eigenvalue weighted by atomic mass is 79.9. The van der Waals surface area contributed by atoms with Gasteiger partial charge in [0.2, 0.25) is 0 Å². The molecule has 0 radical (unpaired) electrons. The lowest BCUT2D eigenvalue weighted by Gasteiger charge is -2.05. The lowest BCUT2D eigenvalue weighted by atomic mass is 10.1. The van der Waals surface area contributed by atoms with Crippen LogP contribution in [0.25, 0.3) is 5.57 Å². The van der Waals surface area contributed by atoms with Crippen LogP contribution in [0.15, 0.2) is 34.8 Å². The summed E-state index contributed by atoms with van der Waals surface area (Å²) in [5.74, 6) is -0.558. The quantitative estimate of drug-likeness (QED) is 0.727. The molecule has 0 fully saturated rings. The highest BCUT2D eigenvalue weighted by molar-refractivity contribution is 9.12. The van der Waals surface area contributed by atoms with Gasteiger partial charge < -0.3 is 0 Å². The Bertz CT molecular complexity index is 465. The fourth-order valence-corrected chi connectivity index (χ4v) is 2.13. The molecule has 4 heteroatoms. The predicted octanol–water partition coefficient (Wildman–Crippen LogP) is 1.79. The zero-order valence-corrected chi connectivity index (χ0v) is 9.61. The number of benzene rings is 1. The molecule has 76 valence electrons. The van der Waals surface area contributed by atoms with Crippen LogP contribution in [0.2, 0.25) is 0 Å². The predicted molar refractivity (Wildman–Crippen MR) is 60.1 cm³/mol. The fourth-order valence-electron chi connectivity index (χ4n) is 1.46. The van der Waals surface area contributed by atoms with Crippen LogP contribution in [0.1, 0.15) is 5.56 Å². The molecule has 0 spiro atoms. The number of carbonyl (C=O) groups is 2. The van der Waals surface area contributed by atoms with Gasteiger partial charge in [0.1, 0.15) is 0 Å². The zero-order chi connectivity index (χ0) is 11.0. The summed E-state index contributed by atoms with van der Waals surface area (Å²) >= 11 is 3.16. The van der Waals surface area contributed by atoms with Crippen LogP contribution in [0.5, 0.6) is 0 Å². The van der Waals surface area contributed by atoms with Gasteiger partial charge in [0.05, 0.1) is 10.1 Å². The molecule has 0 aromatic heterocycles. The fraction of sp³-hybridized carbons (Fsp3) is 0.0909. The lowest BCUT2D eigenvalue weighted by molar-refractivity contribution is -0.134. The van der Waals surface area contributed by atoms with Crippen LogP contribution in [-0.2, 0) is 9.59 Å². The van der Waals surface area contributed by atoms with Gasteiger partial charge in [-0.1, -0.05) is 30.3 Å². The molecule has 0 atom stereocenters. The Kier molecular flexibility index (Phi) is 2.44. The van der Waals surface area contributed by atoms with Crippen molar-refractivity contribution in [1.29, 1.82) is 0 Å². The maximum atomic E-state index is 11.7. The molecule has 0 aliphatic carbocycles. The molecule has 1 heterocycles. The summed E-state index contributed by atoms with van der Waals surface area (Å²) in [7, 11) is 1.47. The molecule has 0 unspecified atom stereocenters. The van der Waals surface area contributed by atoms with Crippen LogP contribution in [0, 0.1) is 0 Å². The average Bonchev–Trinajstić information content (AvgIpc) is 2.45. The van der Waals surface area contributed by atoms with Gasteiger partial charge in [0.25, 0.3) is 11.8 Å². The van der Waals surface area contributed by atoms with E-state index in [0.717, 1.165) is 10.5 Å². The highest BCUT2D eigenvalue weighted by Crippen LogP contribution is 2.31. The summed E-state index contributed by atoms with van der Waals surface area (Å²) < 4.78 is 0.334. The lowest BCUT2D eigenvalue weighted by Crippen LogP contribution is -2.26. The second kappa shape index (κ2) is 3.62. The van der Waals surface area contributed by atoms with Crippen molar-refractivity contribution in [3.63, 3.8) is 0 Å². The molecule has 1 aromatic rings. The molecule has 3 nitrogen and oxygen atoms in total. The number of hydrogen-bond donors (Lipinski definition) is 0. The molecule has 0 saturated heterocycles. The van der Waals surface area contributed by atoms with E-state index in [1.54, 1.807) is 12.1 Å². The Labute approximate surface area is 95.5 Å². The normalized spacial score (nSPS) is 16.5. The smallest absolute Gasteiger partial charge is 0.268 e. The molecular weight excluding hydrogens is 258 g/mol. The Morgan fingerprint density at radius 2 is 1.67 bits per heavy atom. The summed E-state index contributed by atoms with van der Waals surface area (Å²) in [6.45, 7) is 0. The number of likely N-dealkylation sites (N-methyl/N-ethyl adjacent to an activating group) is 1. The largest absolute Gasteiger partial charge is 0.277 e. The first kappa shape index (κ1) is 10.1. The topological polar surface area (TPSA) is 37.4 Å². The number of hydrogen-bond acceptors (Lipinski definition) is 2. The number of halogens is 1. The minimum absolute atomic E-state index is 0.266. The maximum Gasteiger partial charge on any atom is 0.268 e. The second-order valence-corrected chi connectivity index (χ2v) is 4.02. The van der Waals surface area contributed by atoms with Crippen LogP contribution < -0.4 is 0 Å². The minimum atomic E-state index is -0.293. The van der Waals surface area contributed by atoms with Gasteiger partial charge >= 0.3 is 0 Å². The standard InChI is InChI=1S/C11H8BrNO2/c1-13-10(14)8(9(12)11(13)15)7-5-3-2-4-6-7/h2-6H,1H3. The van der Waals surface area contributed by atoms with E-state index in [2.05, 4.69) is 15.9 Å². The van der Waals surface area contributed by atoms with Gasteiger partial charge in [-0.15, -0.1) is 0 Å². The van der Waals surface area contributed by atoms with Crippen molar-refractivity contribution in [2.45, 2.75) is 0 Å². The van der Waals surface area contributed by atoms with Crippen molar-refractivity contribution in [3.8, 4) is 0 Å². The highest BCUT2D eigenvalue weighted by Gasteiger charge is 2.34. The van der Waals surface area contributed by atoms with E-state index >= 15 is 0 Å². The Balaban J connectivity index is 2.55. The number of imide groups is 1. The van der Waals surface area contributed by atoms with Crippen LogP contribution in [0.3, 0.4) is 0 Å². The van der Waals surface area contributed by atoms with E-state index in [1.807, 2.05) is 18.2 Å². The molecule has 15 heavy (non-hydrogen) atoms. The summed E-state index contributed by atoms with van der Waals surface area (Å²) in [6.07, 6.45) is 0. The van der Waals surface area contributed by atoms with E-state index in [9.17, 15) is 9.59 Å². The number of amides is 2. The molecule has 0 saturated carbocycles. The first-order valence-corrected chi connectivity index (χ1v) is 5.20. The second-order valence-electron chi connectivity index (χ2n) is 3.22. The molecule has 2 rings (SSSR count). The van der Waals surface area contributed by atoms with Crippen molar-refractivity contribution in [1.82, 2.24) is 4.90 Å². The molecule has 1 aliphatic heterocycles. The maximum absolute atomic E-state index is 11.7. The number of nitrogens with zero attached hydrogens (tertiary/aromatic N) is 1. The van der Waals surface area contributed by atoms with Crippen LogP contribution in [-0.4, -0.2) is 23.8 Å². The molecule has 1 aliphatic rings. The summed E-state index contributed by atoms with van der Waals surface area (Å²) in [5, 5.41) is 0. The van der Waals surface area contributed by atoms with Crippen LogP contribution >= 0.6 is 15.9 Å². The Morgan fingerprint density at radius 3 is 2.13 bits per heavy atom. The van der Waals surface area contributed by atoms with Gasteiger partial charge in [-0.3, -0.25) is 14.5 Å². The number of rotatable bonds is 1. The third kappa shape index (κ3) is 1.51. The Morgan fingerprint density at radius 1 is 1.07 bits per heavy atom. The van der Waals surface area contributed by atoms with Crippen molar-refractivity contribution in [2.75, 3.05) is 7.05 Å². The van der Waals surface area contributed by atoms with E-state index in [-0.39, 0.29) is 11.8 Å². The summed E-state index contributed by atoms with van der Waals surface area (Å²) in [5.41, 5.74) is 1.19.